The van der Waals surface area contributed by atoms with Gasteiger partial charge in [0.05, 0.1) is 17.7 Å². The van der Waals surface area contributed by atoms with E-state index in [1.54, 1.807) is 42.3 Å². The van der Waals surface area contributed by atoms with E-state index in [9.17, 15) is 18.0 Å². The molecule has 2 aromatic rings. The molecule has 0 saturated carbocycles. The predicted octanol–water partition coefficient (Wildman–Crippen LogP) is 3.03. The molecule has 2 aromatic carbocycles. The number of amides is 2. The zero-order valence-corrected chi connectivity index (χ0v) is 19.9. The Labute approximate surface area is 194 Å². The van der Waals surface area contributed by atoms with E-state index in [0.717, 1.165) is 11.3 Å². The van der Waals surface area contributed by atoms with Crippen LogP contribution in [0.25, 0.3) is 0 Å². The number of sulfonamides is 1. The van der Waals surface area contributed by atoms with Crippen LogP contribution in [0.2, 0.25) is 0 Å². The summed E-state index contributed by atoms with van der Waals surface area (Å²) >= 11 is 0. The topological polar surface area (TPSA) is 96.0 Å². The molecule has 1 N–H and O–H groups in total. The van der Waals surface area contributed by atoms with Gasteiger partial charge in [-0.3, -0.25) is 9.59 Å². The third kappa shape index (κ3) is 4.47. The highest BCUT2D eigenvalue weighted by molar-refractivity contribution is 7.89. The first kappa shape index (κ1) is 23.3. The van der Waals surface area contributed by atoms with Crippen molar-refractivity contribution >= 4 is 33.2 Å². The molecule has 0 radical (unpaired) electrons. The number of anilines is 2. The lowest BCUT2D eigenvalue weighted by atomic mass is 9.97. The van der Waals surface area contributed by atoms with Gasteiger partial charge in [0.2, 0.25) is 21.8 Å². The summed E-state index contributed by atoms with van der Waals surface area (Å²) in [5, 5.41) is 2.90. The number of fused-ring (bicyclic) bond motifs is 1. The lowest BCUT2D eigenvalue weighted by molar-refractivity contribution is -0.121. The van der Waals surface area contributed by atoms with Crippen LogP contribution in [0.4, 0.5) is 11.4 Å². The molecule has 0 bridgehead atoms. The molecule has 4 rings (SSSR count). The van der Waals surface area contributed by atoms with Crippen molar-refractivity contribution in [2.24, 2.45) is 5.92 Å². The number of methoxy groups -OCH3 is 1. The summed E-state index contributed by atoms with van der Waals surface area (Å²) in [5.74, 6) is 0.129. The van der Waals surface area contributed by atoms with Gasteiger partial charge in [0.1, 0.15) is 5.75 Å². The van der Waals surface area contributed by atoms with Crippen LogP contribution in [0.5, 0.6) is 5.75 Å². The van der Waals surface area contributed by atoms with E-state index in [-0.39, 0.29) is 41.8 Å². The second kappa shape index (κ2) is 9.15. The number of hydrogen-bond donors (Lipinski definition) is 1. The smallest absolute Gasteiger partial charge is 0.243 e. The fourth-order valence-corrected chi connectivity index (χ4v) is 6.26. The predicted molar refractivity (Wildman–Crippen MR) is 126 cm³/mol. The van der Waals surface area contributed by atoms with Gasteiger partial charge in [-0.2, -0.15) is 4.31 Å². The first-order valence-corrected chi connectivity index (χ1v) is 12.5. The molecule has 176 valence electrons. The molecule has 1 fully saturated rings. The van der Waals surface area contributed by atoms with Gasteiger partial charge in [0, 0.05) is 37.7 Å². The lowest BCUT2D eigenvalue weighted by Gasteiger charge is -2.30. The molecular formula is C24H29N3O5S. The van der Waals surface area contributed by atoms with Gasteiger partial charge < -0.3 is 15.0 Å². The average Bonchev–Trinajstić information content (AvgIpc) is 3.14. The highest BCUT2D eigenvalue weighted by atomic mass is 32.2. The average molecular weight is 472 g/mol. The Balaban J connectivity index is 1.43. The Morgan fingerprint density at radius 1 is 1.09 bits per heavy atom. The summed E-state index contributed by atoms with van der Waals surface area (Å²) in [7, 11) is -2.13. The molecule has 2 aliphatic rings. The minimum absolute atomic E-state index is 0.00736. The van der Waals surface area contributed by atoms with E-state index >= 15 is 0 Å². The molecule has 0 unspecified atom stereocenters. The van der Waals surface area contributed by atoms with Crippen LogP contribution in [0.15, 0.2) is 47.4 Å². The van der Waals surface area contributed by atoms with Crippen molar-refractivity contribution in [3.8, 4) is 5.75 Å². The molecule has 2 amide bonds. The molecule has 0 spiro atoms. The maximum absolute atomic E-state index is 13.3. The monoisotopic (exact) mass is 471 g/mol. The molecule has 0 aromatic heterocycles. The first-order valence-electron chi connectivity index (χ1n) is 11.1. The largest absolute Gasteiger partial charge is 0.495 e. The Bertz CT molecular complexity index is 1170. The number of carbonyl (C=O) groups is 2. The number of carbonyl (C=O) groups excluding carboxylic acids is 2. The molecule has 2 aliphatic heterocycles. The Hall–Kier alpha value is -2.91. The molecule has 0 aliphatic carbocycles. The molecule has 1 atom stereocenters. The number of hydrogen-bond acceptors (Lipinski definition) is 5. The third-order valence-corrected chi connectivity index (χ3v) is 8.33. The number of piperidine rings is 1. The summed E-state index contributed by atoms with van der Waals surface area (Å²) in [6, 6.07) is 12.2. The van der Waals surface area contributed by atoms with Crippen molar-refractivity contribution in [3.63, 3.8) is 0 Å². The maximum atomic E-state index is 13.3. The number of rotatable bonds is 5. The van der Waals surface area contributed by atoms with Crippen LogP contribution in [0.1, 0.15) is 32.3 Å². The van der Waals surface area contributed by atoms with Crippen LogP contribution in [0.3, 0.4) is 0 Å². The van der Waals surface area contributed by atoms with Crippen LogP contribution < -0.4 is 15.0 Å². The normalized spacial score (nSPS) is 19.2. The van der Waals surface area contributed by atoms with Gasteiger partial charge in [-0.1, -0.05) is 12.1 Å². The standard InChI is InChI=1S/C24H29N3O5S/c1-16-14-19-15-20(8-9-22(19)27(16)17(2)28)33(30,31)26-12-10-18(11-13-26)24(29)25-21-6-4-5-7-23(21)32-3/h4-9,15-16,18H,10-14H2,1-3H3,(H,25,29)/t16-/m1/s1. The van der Waals surface area contributed by atoms with Crippen molar-refractivity contribution < 1.29 is 22.7 Å². The zero-order chi connectivity index (χ0) is 23.8. The molecule has 8 nitrogen and oxygen atoms in total. The highest BCUT2D eigenvalue weighted by Crippen LogP contribution is 2.35. The second-order valence-corrected chi connectivity index (χ2v) is 10.5. The van der Waals surface area contributed by atoms with Crippen LogP contribution in [-0.4, -0.2) is 50.8 Å². The number of ether oxygens (including phenoxy) is 1. The summed E-state index contributed by atoms with van der Waals surface area (Å²) in [6.45, 7) is 4.03. The van der Waals surface area contributed by atoms with E-state index in [0.29, 0.717) is 30.7 Å². The molecular weight excluding hydrogens is 442 g/mol. The number of nitrogens with one attached hydrogen (secondary N) is 1. The summed E-state index contributed by atoms with van der Waals surface area (Å²) in [6.07, 6.45) is 1.52. The molecule has 33 heavy (non-hydrogen) atoms. The van der Waals surface area contributed by atoms with Crippen molar-refractivity contribution in [2.45, 2.75) is 44.0 Å². The molecule has 9 heteroatoms. The van der Waals surface area contributed by atoms with Crippen LogP contribution in [0, 0.1) is 5.92 Å². The number of benzene rings is 2. The van der Waals surface area contributed by atoms with E-state index in [2.05, 4.69) is 5.32 Å². The fourth-order valence-electron chi connectivity index (χ4n) is 4.74. The fraction of sp³-hybridized carbons (Fsp3) is 0.417. The van der Waals surface area contributed by atoms with Crippen molar-refractivity contribution in [1.82, 2.24) is 4.31 Å². The minimum Gasteiger partial charge on any atom is -0.495 e. The van der Waals surface area contributed by atoms with Gasteiger partial charge >= 0.3 is 0 Å². The molecule has 1 saturated heterocycles. The Morgan fingerprint density at radius 3 is 2.45 bits per heavy atom. The zero-order valence-electron chi connectivity index (χ0n) is 19.1. The minimum atomic E-state index is -3.68. The van der Waals surface area contributed by atoms with Crippen molar-refractivity contribution in [3.05, 3.63) is 48.0 Å². The van der Waals surface area contributed by atoms with Crippen LogP contribution in [-0.2, 0) is 26.0 Å². The Morgan fingerprint density at radius 2 is 1.79 bits per heavy atom. The SMILES string of the molecule is COc1ccccc1NC(=O)C1CCN(S(=O)(=O)c2ccc3c(c2)C[C@@H](C)N3C(C)=O)CC1. The van der Waals surface area contributed by atoms with E-state index in [1.165, 1.54) is 11.2 Å². The van der Waals surface area contributed by atoms with Gasteiger partial charge in [-0.15, -0.1) is 0 Å². The lowest BCUT2D eigenvalue weighted by Crippen LogP contribution is -2.41. The van der Waals surface area contributed by atoms with Gasteiger partial charge in [-0.25, -0.2) is 8.42 Å². The highest BCUT2D eigenvalue weighted by Gasteiger charge is 2.34. The van der Waals surface area contributed by atoms with Gasteiger partial charge in [-0.05, 0) is 62.1 Å². The third-order valence-electron chi connectivity index (χ3n) is 6.43. The first-order chi connectivity index (χ1) is 15.7. The summed E-state index contributed by atoms with van der Waals surface area (Å²) < 4.78 is 33.3. The molecule has 2 heterocycles. The number of nitrogens with zero attached hydrogens (tertiary/aromatic N) is 2. The Kier molecular flexibility index (Phi) is 6.45. The van der Waals surface area contributed by atoms with E-state index in [4.69, 9.17) is 4.74 Å². The summed E-state index contributed by atoms with van der Waals surface area (Å²) in [4.78, 5) is 26.6. The van der Waals surface area contributed by atoms with Crippen molar-refractivity contribution in [1.29, 1.82) is 0 Å². The van der Waals surface area contributed by atoms with E-state index < -0.39 is 10.0 Å². The quantitative estimate of drug-likeness (QED) is 0.723. The maximum Gasteiger partial charge on any atom is 0.243 e. The van der Waals surface area contributed by atoms with E-state index in [1.807, 2.05) is 19.1 Å². The number of para-hydroxylation sites is 2. The van der Waals surface area contributed by atoms with Crippen LogP contribution >= 0.6 is 0 Å². The summed E-state index contributed by atoms with van der Waals surface area (Å²) in [5.41, 5.74) is 2.25. The van der Waals surface area contributed by atoms with Gasteiger partial charge in [0.15, 0.2) is 0 Å². The second-order valence-electron chi connectivity index (χ2n) is 8.60. The van der Waals surface area contributed by atoms with Gasteiger partial charge in [0.25, 0.3) is 0 Å². The van der Waals surface area contributed by atoms with Crippen molar-refractivity contribution in [2.75, 3.05) is 30.4 Å².